The SMILES string of the molecule is CCOc1ccc(C2C(C#N)=C(SCC(=O)Nc3ccc(Br)cc3)NC(C)=C2C(=O)Nc2ccccc2)cc1. The molecule has 0 bridgehead atoms. The molecule has 0 saturated heterocycles. The Kier molecular flexibility index (Phi) is 9.47. The van der Waals surface area contributed by atoms with E-state index >= 15 is 0 Å². The van der Waals surface area contributed by atoms with Crippen molar-refractivity contribution in [2.24, 2.45) is 0 Å². The summed E-state index contributed by atoms with van der Waals surface area (Å²) in [5.74, 6) is -0.366. The van der Waals surface area contributed by atoms with Gasteiger partial charge in [-0.05, 0) is 67.9 Å². The molecule has 0 saturated carbocycles. The van der Waals surface area contributed by atoms with Gasteiger partial charge in [0.15, 0.2) is 0 Å². The second kappa shape index (κ2) is 13.2. The summed E-state index contributed by atoms with van der Waals surface area (Å²) >= 11 is 4.61. The number of ether oxygens (including phenoxy) is 1. The number of nitriles is 1. The number of hydrogen-bond acceptors (Lipinski definition) is 6. The van der Waals surface area contributed by atoms with E-state index in [0.717, 1.165) is 10.0 Å². The minimum Gasteiger partial charge on any atom is -0.494 e. The van der Waals surface area contributed by atoms with Gasteiger partial charge in [0.05, 0.1) is 34.9 Å². The first kappa shape index (κ1) is 28.0. The lowest BCUT2D eigenvalue weighted by Crippen LogP contribution is -2.31. The number of rotatable bonds is 9. The fraction of sp³-hybridized carbons (Fsp3) is 0.167. The number of dihydropyridines is 1. The molecule has 1 aliphatic rings. The van der Waals surface area contributed by atoms with Gasteiger partial charge in [0.2, 0.25) is 5.91 Å². The van der Waals surface area contributed by atoms with E-state index in [1.165, 1.54) is 11.8 Å². The monoisotopic (exact) mass is 602 g/mol. The van der Waals surface area contributed by atoms with Crippen LogP contribution in [0.4, 0.5) is 11.4 Å². The fourth-order valence-corrected chi connectivity index (χ4v) is 5.33. The van der Waals surface area contributed by atoms with Crippen LogP contribution in [0.25, 0.3) is 0 Å². The minimum absolute atomic E-state index is 0.0817. The van der Waals surface area contributed by atoms with Crippen molar-refractivity contribution in [2.75, 3.05) is 23.0 Å². The molecular formula is C30H27BrN4O3S. The van der Waals surface area contributed by atoms with Crippen molar-refractivity contribution >= 4 is 50.9 Å². The number of hydrogen-bond donors (Lipinski definition) is 3. The number of anilines is 2. The first-order valence-electron chi connectivity index (χ1n) is 12.3. The van der Waals surface area contributed by atoms with Crippen LogP contribution >= 0.6 is 27.7 Å². The molecule has 1 heterocycles. The largest absolute Gasteiger partial charge is 0.494 e. The number of nitrogens with one attached hydrogen (secondary N) is 3. The first-order valence-corrected chi connectivity index (χ1v) is 14.1. The molecular weight excluding hydrogens is 576 g/mol. The Hall–Kier alpha value is -4.00. The summed E-state index contributed by atoms with van der Waals surface area (Å²) in [7, 11) is 0. The number of nitrogens with zero attached hydrogens (tertiary/aromatic N) is 1. The maximum absolute atomic E-state index is 13.6. The lowest BCUT2D eigenvalue weighted by molar-refractivity contribution is -0.114. The molecule has 3 N–H and O–H groups in total. The van der Waals surface area contributed by atoms with E-state index in [0.29, 0.717) is 45.6 Å². The standard InChI is InChI=1S/C30H27BrN4O3S/c1-3-38-24-15-9-20(10-16-24)28-25(17-32)30(39-18-26(36)34-23-13-11-21(31)12-14-23)33-19(2)27(28)29(37)35-22-7-5-4-6-8-22/h4-16,28,33H,3,18H2,1-2H3,(H,34,36)(H,35,37). The first-order chi connectivity index (χ1) is 18.9. The van der Waals surface area contributed by atoms with Crippen LogP contribution in [0.3, 0.4) is 0 Å². The van der Waals surface area contributed by atoms with Crippen molar-refractivity contribution in [2.45, 2.75) is 19.8 Å². The summed E-state index contributed by atoms with van der Waals surface area (Å²) in [6.45, 7) is 4.24. The zero-order valence-electron chi connectivity index (χ0n) is 21.5. The molecule has 1 atom stereocenters. The van der Waals surface area contributed by atoms with E-state index in [9.17, 15) is 14.9 Å². The third-order valence-corrected chi connectivity index (χ3v) is 7.47. The molecule has 1 unspecified atom stereocenters. The van der Waals surface area contributed by atoms with Crippen LogP contribution in [0.2, 0.25) is 0 Å². The van der Waals surface area contributed by atoms with E-state index in [4.69, 9.17) is 4.74 Å². The van der Waals surface area contributed by atoms with Crippen LogP contribution in [0.1, 0.15) is 25.3 Å². The Morgan fingerprint density at radius 1 is 1.00 bits per heavy atom. The summed E-state index contributed by atoms with van der Waals surface area (Å²) in [5, 5.41) is 19.9. The highest BCUT2D eigenvalue weighted by Crippen LogP contribution is 2.41. The molecule has 0 aromatic heterocycles. The molecule has 0 fully saturated rings. The molecule has 4 rings (SSSR count). The molecule has 1 aliphatic heterocycles. The maximum atomic E-state index is 13.6. The quantitative estimate of drug-likeness (QED) is 0.256. The van der Waals surface area contributed by atoms with Crippen molar-refractivity contribution in [3.8, 4) is 11.8 Å². The van der Waals surface area contributed by atoms with Gasteiger partial charge in [-0.2, -0.15) is 5.26 Å². The number of halogens is 1. The molecule has 9 heteroatoms. The van der Waals surface area contributed by atoms with E-state index in [-0.39, 0.29) is 17.6 Å². The zero-order valence-corrected chi connectivity index (χ0v) is 23.9. The Morgan fingerprint density at radius 2 is 1.67 bits per heavy atom. The molecule has 39 heavy (non-hydrogen) atoms. The lowest BCUT2D eigenvalue weighted by Gasteiger charge is -2.30. The molecule has 2 amide bonds. The lowest BCUT2D eigenvalue weighted by atomic mass is 9.82. The van der Waals surface area contributed by atoms with Gasteiger partial charge >= 0.3 is 0 Å². The van der Waals surface area contributed by atoms with Crippen LogP contribution in [-0.2, 0) is 9.59 Å². The predicted molar refractivity (Wildman–Crippen MR) is 159 cm³/mol. The molecule has 0 aliphatic carbocycles. The van der Waals surface area contributed by atoms with E-state index < -0.39 is 5.92 Å². The van der Waals surface area contributed by atoms with Gasteiger partial charge in [0.25, 0.3) is 5.91 Å². The second-order valence-electron chi connectivity index (χ2n) is 8.62. The van der Waals surface area contributed by atoms with Crippen LogP contribution in [0, 0.1) is 11.3 Å². The Balaban J connectivity index is 1.63. The smallest absolute Gasteiger partial charge is 0.254 e. The predicted octanol–water partition coefficient (Wildman–Crippen LogP) is 6.55. The van der Waals surface area contributed by atoms with Crippen molar-refractivity contribution in [3.05, 3.63) is 111 Å². The normalized spacial score (nSPS) is 14.8. The van der Waals surface area contributed by atoms with Crippen molar-refractivity contribution in [3.63, 3.8) is 0 Å². The summed E-state index contributed by atoms with van der Waals surface area (Å²) in [5.41, 5.74) is 3.51. The number of carbonyl (C=O) groups is 2. The Bertz CT molecular complexity index is 1450. The zero-order chi connectivity index (χ0) is 27.8. The van der Waals surface area contributed by atoms with E-state index in [1.54, 1.807) is 19.1 Å². The Labute approximate surface area is 240 Å². The summed E-state index contributed by atoms with van der Waals surface area (Å²) < 4.78 is 6.50. The van der Waals surface area contributed by atoms with Gasteiger partial charge in [0.1, 0.15) is 5.75 Å². The summed E-state index contributed by atoms with van der Waals surface area (Å²) in [6.07, 6.45) is 0. The average Bonchev–Trinajstić information content (AvgIpc) is 2.94. The van der Waals surface area contributed by atoms with Crippen LogP contribution in [0.15, 0.2) is 105 Å². The summed E-state index contributed by atoms with van der Waals surface area (Å²) in [6, 6.07) is 26.2. The van der Waals surface area contributed by atoms with Crippen molar-refractivity contribution < 1.29 is 14.3 Å². The third-order valence-electron chi connectivity index (χ3n) is 5.92. The van der Waals surface area contributed by atoms with Gasteiger partial charge < -0.3 is 20.7 Å². The molecule has 198 valence electrons. The maximum Gasteiger partial charge on any atom is 0.254 e. The molecule has 7 nitrogen and oxygen atoms in total. The number of benzene rings is 3. The highest BCUT2D eigenvalue weighted by molar-refractivity contribution is 9.10. The van der Waals surface area contributed by atoms with Crippen LogP contribution in [-0.4, -0.2) is 24.2 Å². The second-order valence-corrected chi connectivity index (χ2v) is 10.5. The van der Waals surface area contributed by atoms with Gasteiger partial charge in [0, 0.05) is 27.1 Å². The molecule has 0 radical (unpaired) electrons. The molecule has 3 aromatic rings. The van der Waals surface area contributed by atoms with Gasteiger partial charge in [-0.3, -0.25) is 9.59 Å². The van der Waals surface area contributed by atoms with Gasteiger partial charge in [-0.15, -0.1) is 0 Å². The minimum atomic E-state index is -0.632. The number of allylic oxidation sites excluding steroid dienone is 2. The number of para-hydroxylation sites is 1. The highest BCUT2D eigenvalue weighted by Gasteiger charge is 2.35. The van der Waals surface area contributed by atoms with Gasteiger partial charge in [-0.25, -0.2) is 0 Å². The Morgan fingerprint density at radius 3 is 2.31 bits per heavy atom. The molecule has 3 aromatic carbocycles. The number of amides is 2. The van der Waals surface area contributed by atoms with E-state index in [1.807, 2.05) is 73.7 Å². The number of carbonyl (C=O) groups excluding carboxylic acids is 2. The highest BCUT2D eigenvalue weighted by atomic mass is 79.9. The van der Waals surface area contributed by atoms with E-state index in [2.05, 4.69) is 37.9 Å². The van der Waals surface area contributed by atoms with Crippen LogP contribution in [0.5, 0.6) is 5.75 Å². The van der Waals surface area contributed by atoms with Crippen molar-refractivity contribution in [1.82, 2.24) is 5.32 Å². The fourth-order valence-electron chi connectivity index (χ4n) is 4.17. The summed E-state index contributed by atoms with van der Waals surface area (Å²) in [4.78, 5) is 26.2. The molecule has 0 spiro atoms. The topological polar surface area (TPSA) is 103 Å². The van der Waals surface area contributed by atoms with Crippen molar-refractivity contribution in [1.29, 1.82) is 5.26 Å². The third kappa shape index (κ3) is 7.11. The number of thioether (sulfide) groups is 1. The van der Waals surface area contributed by atoms with Crippen LogP contribution < -0.4 is 20.7 Å². The average molecular weight is 604 g/mol. The van der Waals surface area contributed by atoms with Gasteiger partial charge in [-0.1, -0.05) is 58.0 Å².